The fraction of sp³-hybridized carbons (Fsp3) is 0.517. The summed E-state index contributed by atoms with van der Waals surface area (Å²) in [6.45, 7) is 9.80. The molecule has 0 bridgehead atoms. The van der Waals surface area contributed by atoms with Crippen LogP contribution in [0, 0.1) is 29.1 Å². The molecule has 182 valence electrons. The molecule has 34 heavy (non-hydrogen) atoms. The number of carbonyl (C=O) groups excluding carboxylic acids is 2. The highest BCUT2D eigenvalue weighted by atomic mass is 16.6. The van der Waals surface area contributed by atoms with Crippen LogP contribution in [0.5, 0.6) is 0 Å². The minimum Gasteiger partial charge on any atom is -0.447 e. The first-order chi connectivity index (χ1) is 16.0. The molecule has 5 nitrogen and oxygen atoms in total. The molecule has 0 aliphatic heterocycles. The van der Waals surface area contributed by atoms with Gasteiger partial charge >= 0.3 is 5.97 Å². The van der Waals surface area contributed by atoms with Gasteiger partial charge in [0.25, 0.3) is 0 Å². The molecule has 7 atom stereocenters. The third-order valence-corrected chi connectivity index (χ3v) is 8.42. The molecule has 1 aromatic rings. The lowest BCUT2D eigenvalue weighted by Gasteiger charge is -2.37. The van der Waals surface area contributed by atoms with E-state index in [4.69, 9.17) is 4.74 Å². The van der Waals surface area contributed by atoms with E-state index in [1.54, 1.807) is 13.0 Å². The lowest BCUT2D eigenvalue weighted by atomic mass is 9.77. The molecule has 5 heteroatoms. The van der Waals surface area contributed by atoms with Crippen molar-refractivity contribution in [2.45, 2.75) is 65.3 Å². The molecule has 1 aromatic carbocycles. The summed E-state index contributed by atoms with van der Waals surface area (Å²) in [6.07, 6.45) is 5.86. The second kappa shape index (κ2) is 8.94. The van der Waals surface area contributed by atoms with Crippen LogP contribution in [0.3, 0.4) is 0 Å². The third-order valence-electron chi connectivity index (χ3n) is 8.42. The van der Waals surface area contributed by atoms with Crippen LogP contribution in [0.25, 0.3) is 6.08 Å². The molecular formula is C29H36O5. The van der Waals surface area contributed by atoms with E-state index in [0.29, 0.717) is 17.1 Å². The summed E-state index contributed by atoms with van der Waals surface area (Å²) in [5.74, 6) is -1.62. The molecule has 0 heterocycles. The number of aliphatic hydroxyl groups excluding tert-OH is 2. The summed E-state index contributed by atoms with van der Waals surface area (Å²) < 4.78 is 5.98. The number of hydrogen-bond acceptors (Lipinski definition) is 5. The van der Waals surface area contributed by atoms with Crippen molar-refractivity contribution in [1.29, 1.82) is 0 Å². The second-order valence-corrected chi connectivity index (χ2v) is 11.0. The number of aliphatic hydroxyl groups is 2. The van der Waals surface area contributed by atoms with E-state index in [-0.39, 0.29) is 29.5 Å². The van der Waals surface area contributed by atoms with Gasteiger partial charge in [-0.15, -0.1) is 0 Å². The Morgan fingerprint density at radius 3 is 2.50 bits per heavy atom. The van der Waals surface area contributed by atoms with Crippen molar-refractivity contribution in [2.24, 2.45) is 29.1 Å². The Bertz CT molecular complexity index is 1050. The summed E-state index contributed by atoms with van der Waals surface area (Å²) in [5.41, 5.74) is 0.488. The Morgan fingerprint density at radius 2 is 1.82 bits per heavy atom. The van der Waals surface area contributed by atoms with Crippen LogP contribution in [0.15, 0.2) is 59.7 Å². The van der Waals surface area contributed by atoms with Gasteiger partial charge in [-0.25, -0.2) is 4.79 Å². The molecule has 3 aliphatic rings. The molecule has 0 amide bonds. The number of allylic oxidation sites excluding steroid dienone is 2. The third kappa shape index (κ3) is 4.20. The Hall–Kier alpha value is -2.50. The molecule has 0 saturated heterocycles. The van der Waals surface area contributed by atoms with Gasteiger partial charge in [0.1, 0.15) is 0 Å². The molecule has 0 spiro atoms. The zero-order valence-electron chi connectivity index (χ0n) is 20.7. The summed E-state index contributed by atoms with van der Waals surface area (Å²) in [4.78, 5) is 27.0. The maximum Gasteiger partial charge on any atom is 0.331 e. The number of hydrogen-bond donors (Lipinski definition) is 2. The van der Waals surface area contributed by atoms with Crippen molar-refractivity contribution in [3.8, 4) is 0 Å². The number of fused-ring (bicyclic) bond motifs is 2. The SMILES string of the molecule is C/C1=C/C[C@H]2[C@@H](/C=C(\C)C(=O)[C@@]3(OC(=O)/C=C/c4ccccc4)C[C@H](C)[C@H](O)[C@@H]3[C@H]1O)C2(C)C. The molecule has 4 rings (SSSR count). The van der Waals surface area contributed by atoms with Gasteiger partial charge in [0.05, 0.1) is 18.1 Å². The lowest BCUT2D eigenvalue weighted by molar-refractivity contribution is -0.172. The smallest absolute Gasteiger partial charge is 0.331 e. The average Bonchev–Trinajstić information content (AvgIpc) is 3.21. The van der Waals surface area contributed by atoms with Crippen molar-refractivity contribution in [3.05, 3.63) is 65.3 Å². The highest BCUT2D eigenvalue weighted by molar-refractivity contribution is 6.04. The van der Waals surface area contributed by atoms with Gasteiger partial charge in [-0.2, -0.15) is 0 Å². The van der Waals surface area contributed by atoms with Gasteiger partial charge in [0.15, 0.2) is 5.60 Å². The summed E-state index contributed by atoms with van der Waals surface area (Å²) >= 11 is 0. The number of Topliss-reactive ketones (excluding diaryl/α,β-unsaturated/α-hetero) is 1. The van der Waals surface area contributed by atoms with Crippen LogP contribution in [0.1, 0.15) is 53.0 Å². The largest absolute Gasteiger partial charge is 0.447 e. The minimum absolute atomic E-state index is 0.0621. The van der Waals surface area contributed by atoms with E-state index in [2.05, 4.69) is 13.8 Å². The van der Waals surface area contributed by atoms with E-state index in [1.165, 1.54) is 6.08 Å². The van der Waals surface area contributed by atoms with Crippen molar-refractivity contribution in [2.75, 3.05) is 0 Å². The van der Waals surface area contributed by atoms with Crippen molar-refractivity contribution in [3.63, 3.8) is 0 Å². The molecule has 0 aromatic heterocycles. The number of benzene rings is 1. The predicted molar refractivity (Wildman–Crippen MR) is 131 cm³/mol. The van der Waals surface area contributed by atoms with Crippen LogP contribution in [0.2, 0.25) is 0 Å². The predicted octanol–water partition coefficient (Wildman–Crippen LogP) is 4.50. The first-order valence-corrected chi connectivity index (χ1v) is 12.2. The van der Waals surface area contributed by atoms with Gasteiger partial charge in [0, 0.05) is 12.5 Å². The van der Waals surface area contributed by atoms with Crippen LogP contribution < -0.4 is 0 Å². The van der Waals surface area contributed by atoms with Crippen LogP contribution in [0.4, 0.5) is 0 Å². The molecule has 2 fully saturated rings. The second-order valence-electron chi connectivity index (χ2n) is 11.0. The van der Waals surface area contributed by atoms with Gasteiger partial charge < -0.3 is 14.9 Å². The standard InChI is InChI=1S/C29H36O5/c1-17-11-13-21-22(28(21,4)5)15-18(2)27(33)29(16-19(3)26(32)24(29)25(17)31)34-23(30)14-12-20-9-7-6-8-10-20/h6-12,14-15,19,21-22,24-26,31-32H,13,16H2,1-5H3/b14-12+,17-11-,18-15+/t19-,21-,22+,24-,25-,26-,29+/m0/s1. The van der Waals surface area contributed by atoms with Crippen LogP contribution >= 0.6 is 0 Å². The molecule has 0 unspecified atom stereocenters. The van der Waals surface area contributed by atoms with E-state index >= 15 is 0 Å². The van der Waals surface area contributed by atoms with E-state index in [0.717, 1.165) is 12.0 Å². The highest BCUT2D eigenvalue weighted by Crippen LogP contribution is 2.62. The van der Waals surface area contributed by atoms with E-state index in [1.807, 2.05) is 56.3 Å². The van der Waals surface area contributed by atoms with Crippen molar-refractivity contribution >= 4 is 17.8 Å². The number of ether oxygens (including phenoxy) is 1. The van der Waals surface area contributed by atoms with Crippen molar-refractivity contribution < 1.29 is 24.5 Å². The normalized spacial score (nSPS) is 40.3. The zero-order chi connectivity index (χ0) is 24.8. The van der Waals surface area contributed by atoms with Gasteiger partial charge in [-0.05, 0) is 66.2 Å². The molecular weight excluding hydrogens is 428 g/mol. The molecule has 3 aliphatic carbocycles. The van der Waals surface area contributed by atoms with Gasteiger partial charge in [0.2, 0.25) is 5.78 Å². The fourth-order valence-corrected chi connectivity index (χ4v) is 6.11. The van der Waals surface area contributed by atoms with Crippen LogP contribution in [-0.4, -0.2) is 39.8 Å². The molecule has 2 N–H and O–H groups in total. The number of esters is 1. The minimum atomic E-state index is -1.63. The maximum absolute atomic E-state index is 14.0. The number of ketones is 1. The topological polar surface area (TPSA) is 83.8 Å². The molecule has 2 saturated carbocycles. The van der Waals surface area contributed by atoms with Crippen LogP contribution in [-0.2, 0) is 14.3 Å². The Kier molecular flexibility index (Phi) is 6.47. The first-order valence-electron chi connectivity index (χ1n) is 12.2. The fourth-order valence-electron chi connectivity index (χ4n) is 6.11. The summed E-state index contributed by atoms with van der Waals surface area (Å²) in [5, 5.41) is 22.5. The summed E-state index contributed by atoms with van der Waals surface area (Å²) in [6, 6.07) is 9.36. The van der Waals surface area contributed by atoms with E-state index in [9.17, 15) is 19.8 Å². The quantitative estimate of drug-likeness (QED) is 0.391. The van der Waals surface area contributed by atoms with Crippen molar-refractivity contribution in [1.82, 2.24) is 0 Å². The Labute approximate surface area is 202 Å². The monoisotopic (exact) mass is 464 g/mol. The maximum atomic E-state index is 14.0. The lowest BCUT2D eigenvalue weighted by Crippen LogP contribution is -2.53. The first kappa shape index (κ1) is 24.6. The Balaban J connectivity index is 1.75. The molecule has 0 radical (unpaired) electrons. The van der Waals surface area contributed by atoms with Gasteiger partial charge in [-0.1, -0.05) is 63.3 Å². The number of carbonyl (C=O) groups is 2. The van der Waals surface area contributed by atoms with E-state index < -0.39 is 29.7 Å². The highest BCUT2D eigenvalue weighted by Gasteiger charge is 2.63. The summed E-state index contributed by atoms with van der Waals surface area (Å²) in [7, 11) is 0. The van der Waals surface area contributed by atoms with Gasteiger partial charge in [-0.3, -0.25) is 4.79 Å². The number of rotatable bonds is 3. The average molecular weight is 465 g/mol. The zero-order valence-corrected chi connectivity index (χ0v) is 20.7. The Morgan fingerprint density at radius 1 is 1.15 bits per heavy atom.